The molecule has 5 nitrogen and oxygen atoms in total. The molecule has 9 aromatic carbocycles. The van der Waals surface area contributed by atoms with Crippen molar-refractivity contribution in [1.29, 1.82) is 0 Å². The van der Waals surface area contributed by atoms with Crippen LogP contribution in [0.5, 0.6) is 0 Å². The van der Waals surface area contributed by atoms with Gasteiger partial charge in [0, 0.05) is 50.2 Å². The minimum Gasteiger partial charge on any atom is -0.454 e. The van der Waals surface area contributed by atoms with Gasteiger partial charge in [0.05, 0.1) is 5.69 Å². The van der Waals surface area contributed by atoms with E-state index in [1.165, 1.54) is 0 Å². The van der Waals surface area contributed by atoms with Crippen LogP contribution in [0.2, 0.25) is 0 Å². The lowest BCUT2D eigenvalue weighted by Crippen LogP contribution is -2.13. The fourth-order valence-corrected chi connectivity index (χ4v) is 8.05. The van der Waals surface area contributed by atoms with Crippen molar-refractivity contribution in [2.45, 2.75) is 0 Å². The van der Waals surface area contributed by atoms with Gasteiger partial charge in [-0.2, -0.15) is 0 Å². The molecule has 0 spiro atoms. The highest BCUT2D eigenvalue weighted by Gasteiger charge is 2.24. The molecule has 2 heterocycles. The zero-order valence-electron chi connectivity index (χ0n) is 30.2. The van der Waals surface area contributed by atoms with Crippen LogP contribution in [0.15, 0.2) is 209 Å². The summed E-state index contributed by atoms with van der Waals surface area (Å²) in [4.78, 5) is 9.56. The quantitative estimate of drug-likeness (QED) is 0.153. The second kappa shape index (κ2) is 13.0. The van der Waals surface area contributed by atoms with E-state index in [0.29, 0.717) is 5.89 Å². The Kier molecular flexibility index (Phi) is 7.42. The van der Waals surface area contributed by atoms with E-state index in [-0.39, 0.29) is 0 Å². The number of furan rings is 1. The number of oxazole rings is 1. The van der Waals surface area contributed by atoms with Gasteiger partial charge in [0.15, 0.2) is 11.2 Å². The van der Waals surface area contributed by atoms with Crippen molar-refractivity contribution in [2.24, 2.45) is 0 Å². The number of nitrogens with zero attached hydrogens (tertiary/aromatic N) is 3. The van der Waals surface area contributed by atoms with E-state index in [1.54, 1.807) is 0 Å². The SMILES string of the molecule is c1ccc(-c2nc3ccc4ccc5ccc(N(c6ccccc6)c6cc(N(c7ccccc7)c7ccccc7)c7oc8ccccc8c7c6)cc5c4c3o2)cc1. The largest absolute Gasteiger partial charge is 0.454 e. The first kappa shape index (κ1) is 31.9. The van der Waals surface area contributed by atoms with Crippen molar-refractivity contribution in [3.63, 3.8) is 0 Å². The van der Waals surface area contributed by atoms with Crippen molar-refractivity contribution in [2.75, 3.05) is 9.80 Å². The fourth-order valence-electron chi connectivity index (χ4n) is 8.05. The molecule has 0 fully saturated rings. The molecule has 0 radical (unpaired) electrons. The molecule has 0 unspecified atom stereocenters. The van der Waals surface area contributed by atoms with E-state index < -0.39 is 0 Å². The van der Waals surface area contributed by atoms with Crippen molar-refractivity contribution >= 4 is 88.7 Å². The van der Waals surface area contributed by atoms with E-state index >= 15 is 0 Å². The molecule has 0 bridgehead atoms. The molecular weight excluding hydrogens is 687 g/mol. The lowest BCUT2D eigenvalue weighted by atomic mass is 10.00. The van der Waals surface area contributed by atoms with Gasteiger partial charge in [-0.15, -0.1) is 0 Å². The lowest BCUT2D eigenvalue weighted by Gasteiger charge is -2.29. The zero-order chi connectivity index (χ0) is 37.0. The van der Waals surface area contributed by atoms with Crippen LogP contribution < -0.4 is 9.80 Å². The summed E-state index contributed by atoms with van der Waals surface area (Å²) >= 11 is 0. The third-order valence-electron chi connectivity index (χ3n) is 10.6. The highest BCUT2D eigenvalue weighted by atomic mass is 16.3. The Morgan fingerprint density at radius 3 is 1.66 bits per heavy atom. The summed E-state index contributed by atoms with van der Waals surface area (Å²) in [5.41, 5.74) is 10.3. The Hall–Kier alpha value is -7.63. The molecule has 0 amide bonds. The first-order chi connectivity index (χ1) is 27.8. The molecule has 11 rings (SSSR count). The average Bonchev–Trinajstić information content (AvgIpc) is 3.88. The molecule has 0 N–H and O–H groups in total. The molecule has 56 heavy (non-hydrogen) atoms. The van der Waals surface area contributed by atoms with Gasteiger partial charge in [0.25, 0.3) is 0 Å². The van der Waals surface area contributed by atoms with Crippen molar-refractivity contribution in [1.82, 2.24) is 4.98 Å². The number of anilines is 6. The lowest BCUT2D eigenvalue weighted by molar-refractivity contribution is 0.623. The minimum absolute atomic E-state index is 0.613. The Labute approximate surface area is 322 Å². The highest BCUT2D eigenvalue weighted by Crippen LogP contribution is 2.47. The third kappa shape index (κ3) is 5.29. The van der Waals surface area contributed by atoms with Gasteiger partial charge in [-0.3, -0.25) is 0 Å². The molecule has 0 saturated carbocycles. The zero-order valence-corrected chi connectivity index (χ0v) is 30.2. The molecule has 0 aliphatic heterocycles. The second-order valence-electron chi connectivity index (χ2n) is 14.0. The fraction of sp³-hybridized carbons (Fsp3) is 0. The van der Waals surface area contributed by atoms with Crippen LogP contribution in [0.3, 0.4) is 0 Å². The minimum atomic E-state index is 0.613. The first-order valence-electron chi connectivity index (χ1n) is 18.8. The first-order valence-corrected chi connectivity index (χ1v) is 18.8. The molecular formula is C51H33N3O2. The smallest absolute Gasteiger partial charge is 0.227 e. The summed E-state index contributed by atoms with van der Waals surface area (Å²) in [6, 6.07) is 69.7. The summed E-state index contributed by atoms with van der Waals surface area (Å²) in [6.45, 7) is 0. The van der Waals surface area contributed by atoms with Gasteiger partial charge in [-0.25, -0.2) is 4.98 Å². The van der Waals surface area contributed by atoms with Gasteiger partial charge >= 0.3 is 0 Å². The van der Waals surface area contributed by atoms with E-state index in [4.69, 9.17) is 13.8 Å². The van der Waals surface area contributed by atoms with E-state index in [1.807, 2.05) is 42.5 Å². The molecule has 2 aromatic heterocycles. The van der Waals surface area contributed by atoms with E-state index in [9.17, 15) is 0 Å². The number of rotatable bonds is 7. The van der Waals surface area contributed by atoms with Gasteiger partial charge < -0.3 is 18.6 Å². The van der Waals surface area contributed by atoms with Crippen molar-refractivity contribution in [3.05, 3.63) is 200 Å². The van der Waals surface area contributed by atoms with Crippen LogP contribution in [-0.4, -0.2) is 4.98 Å². The van der Waals surface area contributed by atoms with Gasteiger partial charge in [0.2, 0.25) is 5.89 Å². The second-order valence-corrected chi connectivity index (χ2v) is 14.0. The van der Waals surface area contributed by atoms with Crippen LogP contribution in [0.1, 0.15) is 0 Å². The number of para-hydroxylation sites is 4. The maximum atomic E-state index is 6.76. The molecule has 0 atom stereocenters. The summed E-state index contributed by atoms with van der Waals surface area (Å²) in [6.07, 6.45) is 0. The molecule has 0 aliphatic rings. The van der Waals surface area contributed by atoms with Gasteiger partial charge in [0.1, 0.15) is 11.1 Å². The maximum absolute atomic E-state index is 6.76. The number of fused-ring (bicyclic) bond motifs is 8. The predicted octanol–water partition coefficient (Wildman–Crippen LogP) is 14.6. The maximum Gasteiger partial charge on any atom is 0.227 e. The Bertz CT molecular complexity index is 3150. The van der Waals surface area contributed by atoms with E-state index in [0.717, 1.165) is 94.3 Å². The summed E-state index contributed by atoms with van der Waals surface area (Å²) in [7, 11) is 0. The van der Waals surface area contributed by atoms with Crippen molar-refractivity contribution < 1.29 is 8.83 Å². The standard InChI is InChI=1S/C51H33N3O2/c1-5-15-36(16-6-1)51-52-45-30-28-35-26-25-34-27-29-40(31-43(34)48(35)50(45)56-51)53(37-17-7-2-8-18-37)41-32-44-42-23-13-14-24-47(42)55-49(44)46(33-41)54(38-19-9-3-10-20-38)39-21-11-4-12-22-39/h1-33H. The monoisotopic (exact) mass is 719 g/mol. The molecule has 5 heteroatoms. The van der Waals surface area contributed by atoms with Gasteiger partial charge in [-0.1, -0.05) is 115 Å². The molecule has 0 saturated heterocycles. The Morgan fingerprint density at radius 2 is 0.946 bits per heavy atom. The van der Waals surface area contributed by atoms with Crippen LogP contribution in [0, 0.1) is 0 Å². The van der Waals surface area contributed by atoms with Crippen LogP contribution in [0.25, 0.3) is 66.0 Å². The molecule has 11 aromatic rings. The topological polar surface area (TPSA) is 45.7 Å². The summed E-state index contributed by atoms with van der Waals surface area (Å²) < 4.78 is 13.4. The number of aromatic nitrogens is 1. The average molecular weight is 720 g/mol. The highest BCUT2D eigenvalue weighted by molar-refractivity contribution is 6.19. The van der Waals surface area contributed by atoms with Crippen LogP contribution >= 0.6 is 0 Å². The normalized spacial score (nSPS) is 11.6. The van der Waals surface area contributed by atoms with Crippen LogP contribution in [0.4, 0.5) is 34.1 Å². The van der Waals surface area contributed by atoms with E-state index in [2.05, 4.69) is 168 Å². The Balaban J connectivity index is 1.19. The molecule has 0 aliphatic carbocycles. The summed E-state index contributed by atoms with van der Waals surface area (Å²) in [5.74, 6) is 0.613. The Morgan fingerprint density at radius 1 is 0.375 bits per heavy atom. The summed E-state index contributed by atoms with van der Waals surface area (Å²) in [5, 5.41) is 6.45. The van der Waals surface area contributed by atoms with Gasteiger partial charge in [-0.05, 0) is 101 Å². The number of hydrogen-bond donors (Lipinski definition) is 0. The predicted molar refractivity (Wildman–Crippen MR) is 231 cm³/mol. The molecule has 264 valence electrons. The number of hydrogen-bond acceptors (Lipinski definition) is 5. The van der Waals surface area contributed by atoms with Crippen molar-refractivity contribution in [3.8, 4) is 11.5 Å². The third-order valence-corrected chi connectivity index (χ3v) is 10.6. The van der Waals surface area contributed by atoms with Crippen LogP contribution in [-0.2, 0) is 0 Å². The number of benzene rings is 9.